The number of aliphatic hydroxyl groups is 1. The number of amides is 1. The van der Waals surface area contributed by atoms with Crippen LogP contribution in [0.15, 0.2) is 60.7 Å². The van der Waals surface area contributed by atoms with Gasteiger partial charge in [-0.15, -0.1) is 11.3 Å². The first-order valence-corrected chi connectivity index (χ1v) is 10.2. The van der Waals surface area contributed by atoms with Gasteiger partial charge in [0.1, 0.15) is 0 Å². The molecule has 0 radical (unpaired) electrons. The van der Waals surface area contributed by atoms with Crippen LogP contribution in [-0.4, -0.2) is 40.6 Å². The number of carbonyl (C=O) groups excluding carboxylic acids is 1. The van der Waals surface area contributed by atoms with Gasteiger partial charge in [0.25, 0.3) is 0 Å². The van der Waals surface area contributed by atoms with E-state index in [2.05, 4.69) is 0 Å². The van der Waals surface area contributed by atoms with Gasteiger partial charge in [0.05, 0.1) is 17.5 Å². The molecule has 3 aromatic rings. The van der Waals surface area contributed by atoms with Gasteiger partial charge in [-0.3, -0.25) is 4.79 Å². The minimum atomic E-state index is -1.08. The molecule has 150 valence electrons. The van der Waals surface area contributed by atoms with E-state index < -0.39 is 12.2 Å². The van der Waals surface area contributed by atoms with Gasteiger partial charge in [-0.25, -0.2) is 4.79 Å². The van der Waals surface area contributed by atoms with E-state index in [4.69, 9.17) is 11.6 Å². The number of nitrogens with zero attached hydrogens (tertiary/aromatic N) is 1. The van der Waals surface area contributed by atoms with Crippen molar-refractivity contribution in [3.05, 3.63) is 81.7 Å². The van der Waals surface area contributed by atoms with E-state index in [1.807, 2.05) is 30.3 Å². The number of rotatable bonds is 8. The minimum Gasteiger partial charge on any atom is -0.465 e. The van der Waals surface area contributed by atoms with E-state index in [0.29, 0.717) is 21.9 Å². The van der Waals surface area contributed by atoms with Crippen LogP contribution in [0.3, 0.4) is 0 Å². The number of hydrogen-bond acceptors (Lipinski definition) is 4. The summed E-state index contributed by atoms with van der Waals surface area (Å²) < 4.78 is 0. The zero-order valence-corrected chi connectivity index (χ0v) is 17.1. The first kappa shape index (κ1) is 21.0. The van der Waals surface area contributed by atoms with Crippen LogP contribution < -0.4 is 0 Å². The first-order chi connectivity index (χ1) is 14.0. The van der Waals surface area contributed by atoms with Crippen molar-refractivity contribution in [2.45, 2.75) is 12.5 Å². The molecule has 0 aliphatic rings. The van der Waals surface area contributed by atoms with Crippen molar-refractivity contribution in [3.8, 4) is 10.4 Å². The van der Waals surface area contributed by atoms with E-state index in [1.165, 1.54) is 16.2 Å². The molecule has 29 heavy (non-hydrogen) atoms. The molecular formula is C22H20ClNO4S. The minimum absolute atomic E-state index is 0.0303. The number of carboxylic acid groups (broad SMARTS) is 1. The molecule has 0 bridgehead atoms. The topological polar surface area (TPSA) is 77.8 Å². The summed E-state index contributed by atoms with van der Waals surface area (Å²) in [5.74, 6) is 0. The van der Waals surface area contributed by atoms with E-state index in [0.717, 1.165) is 22.3 Å². The lowest BCUT2D eigenvalue weighted by Crippen LogP contribution is -2.35. The summed E-state index contributed by atoms with van der Waals surface area (Å²) in [6.07, 6.45) is -0.666. The van der Waals surface area contributed by atoms with E-state index in [-0.39, 0.29) is 13.1 Å². The maximum atomic E-state index is 11.6. The summed E-state index contributed by atoms with van der Waals surface area (Å²) in [5.41, 5.74) is 2.58. The quantitative estimate of drug-likeness (QED) is 0.486. The molecule has 5 nitrogen and oxygen atoms in total. The monoisotopic (exact) mass is 429 g/mol. The van der Waals surface area contributed by atoms with Crippen LogP contribution in [0, 0.1) is 0 Å². The maximum absolute atomic E-state index is 11.6. The summed E-state index contributed by atoms with van der Waals surface area (Å²) in [5, 5.41) is 20.3. The lowest BCUT2D eigenvalue weighted by molar-refractivity contribution is 0.0973. The highest BCUT2D eigenvalue weighted by molar-refractivity contribution is 7.17. The van der Waals surface area contributed by atoms with Gasteiger partial charge < -0.3 is 15.1 Å². The summed E-state index contributed by atoms with van der Waals surface area (Å²) in [6, 6.07) is 18.3. The molecule has 1 atom stereocenters. The first-order valence-electron chi connectivity index (χ1n) is 9.02. The standard InChI is InChI=1S/C22H20ClNO4S/c23-18-3-1-2-17(12-18)20(26)13-24(22(27)28)11-10-15-4-6-16(7-5-15)21-9-8-19(14-25)29-21/h1-9,12,14,20,26H,10-11,13H2,(H,27,28)/t20-/m1/s1. The Hall–Kier alpha value is -2.67. The molecule has 2 aromatic carbocycles. The Labute approximate surface area is 177 Å². The van der Waals surface area contributed by atoms with Crippen LogP contribution >= 0.6 is 22.9 Å². The van der Waals surface area contributed by atoms with Gasteiger partial charge in [0.15, 0.2) is 6.29 Å². The summed E-state index contributed by atoms with van der Waals surface area (Å²) in [6.45, 7) is 0.234. The zero-order valence-electron chi connectivity index (χ0n) is 15.5. The van der Waals surface area contributed by atoms with Crippen molar-refractivity contribution < 1.29 is 19.8 Å². The third-order valence-electron chi connectivity index (χ3n) is 4.55. The van der Waals surface area contributed by atoms with Crippen molar-refractivity contribution in [3.63, 3.8) is 0 Å². The highest BCUT2D eigenvalue weighted by Gasteiger charge is 2.18. The highest BCUT2D eigenvalue weighted by atomic mass is 35.5. The predicted octanol–water partition coefficient (Wildman–Crippen LogP) is 5.14. The average Bonchev–Trinajstić information content (AvgIpc) is 3.20. The molecule has 0 unspecified atom stereocenters. The van der Waals surface area contributed by atoms with Crippen LogP contribution in [0.1, 0.15) is 26.9 Å². The summed E-state index contributed by atoms with van der Waals surface area (Å²) in [7, 11) is 0. The molecule has 0 aliphatic heterocycles. The Kier molecular flexibility index (Phi) is 7.04. The Morgan fingerprint density at radius 2 is 1.90 bits per heavy atom. The van der Waals surface area contributed by atoms with Gasteiger partial charge in [-0.1, -0.05) is 48.0 Å². The fraction of sp³-hybridized carbons (Fsp3) is 0.182. The second-order valence-corrected chi connectivity index (χ2v) is 8.12. The number of aliphatic hydroxyl groups excluding tert-OH is 1. The van der Waals surface area contributed by atoms with Crippen LogP contribution in [0.4, 0.5) is 4.79 Å². The number of carbonyl (C=O) groups is 2. The van der Waals surface area contributed by atoms with Gasteiger partial charge in [0.2, 0.25) is 0 Å². The number of aldehydes is 1. The molecule has 0 fully saturated rings. The molecule has 1 amide bonds. The van der Waals surface area contributed by atoms with E-state index >= 15 is 0 Å². The van der Waals surface area contributed by atoms with Gasteiger partial charge >= 0.3 is 6.09 Å². The normalized spacial score (nSPS) is 11.8. The highest BCUT2D eigenvalue weighted by Crippen LogP contribution is 2.27. The molecule has 0 saturated carbocycles. The Morgan fingerprint density at radius 3 is 2.52 bits per heavy atom. The number of thiophene rings is 1. The lowest BCUT2D eigenvalue weighted by atomic mass is 10.1. The molecule has 3 rings (SSSR count). The Morgan fingerprint density at radius 1 is 1.14 bits per heavy atom. The second-order valence-electron chi connectivity index (χ2n) is 6.57. The maximum Gasteiger partial charge on any atom is 0.407 e. The SMILES string of the molecule is O=Cc1ccc(-c2ccc(CCN(C[C@@H](O)c3cccc(Cl)c3)C(=O)O)cc2)s1. The van der Waals surface area contributed by atoms with Gasteiger partial charge in [-0.05, 0) is 47.4 Å². The van der Waals surface area contributed by atoms with Crippen molar-refractivity contribution in [1.82, 2.24) is 4.90 Å². The average molecular weight is 430 g/mol. The van der Waals surface area contributed by atoms with E-state index in [1.54, 1.807) is 30.3 Å². The molecule has 7 heteroatoms. The third kappa shape index (κ3) is 5.67. The smallest absolute Gasteiger partial charge is 0.407 e. The molecule has 0 aliphatic carbocycles. The van der Waals surface area contributed by atoms with Crippen molar-refractivity contribution in [1.29, 1.82) is 0 Å². The third-order valence-corrected chi connectivity index (χ3v) is 5.84. The molecule has 0 saturated heterocycles. The van der Waals surface area contributed by atoms with Gasteiger partial charge in [0, 0.05) is 16.4 Å². The van der Waals surface area contributed by atoms with Crippen molar-refractivity contribution in [2.24, 2.45) is 0 Å². The largest absolute Gasteiger partial charge is 0.465 e. The van der Waals surface area contributed by atoms with Crippen LogP contribution in [-0.2, 0) is 6.42 Å². The second kappa shape index (κ2) is 9.69. The van der Waals surface area contributed by atoms with Crippen LogP contribution in [0.25, 0.3) is 10.4 Å². The lowest BCUT2D eigenvalue weighted by Gasteiger charge is -2.23. The van der Waals surface area contributed by atoms with Crippen LogP contribution in [0.5, 0.6) is 0 Å². The summed E-state index contributed by atoms with van der Waals surface area (Å²) >= 11 is 7.37. The fourth-order valence-corrected chi connectivity index (χ4v) is 3.99. The number of hydrogen-bond donors (Lipinski definition) is 2. The Bertz CT molecular complexity index is 986. The molecule has 2 N–H and O–H groups in total. The molecule has 0 spiro atoms. The van der Waals surface area contributed by atoms with Gasteiger partial charge in [-0.2, -0.15) is 0 Å². The molecule has 1 heterocycles. The predicted molar refractivity (Wildman–Crippen MR) is 115 cm³/mol. The van der Waals surface area contributed by atoms with Crippen LogP contribution in [0.2, 0.25) is 5.02 Å². The Balaban J connectivity index is 1.61. The van der Waals surface area contributed by atoms with E-state index in [9.17, 15) is 19.8 Å². The zero-order chi connectivity index (χ0) is 20.8. The molecule has 1 aromatic heterocycles. The number of benzene rings is 2. The number of halogens is 1. The molecular weight excluding hydrogens is 410 g/mol. The van der Waals surface area contributed by atoms with Crippen molar-refractivity contribution in [2.75, 3.05) is 13.1 Å². The van der Waals surface area contributed by atoms with Crippen molar-refractivity contribution >= 4 is 35.3 Å². The summed E-state index contributed by atoms with van der Waals surface area (Å²) in [4.78, 5) is 25.3. The fourth-order valence-electron chi connectivity index (χ4n) is 2.96.